The van der Waals surface area contributed by atoms with Crippen molar-refractivity contribution in [2.75, 3.05) is 12.4 Å². The first kappa shape index (κ1) is 15.9. The summed E-state index contributed by atoms with van der Waals surface area (Å²) in [4.78, 5) is 23.5. The highest BCUT2D eigenvalue weighted by Crippen LogP contribution is 2.11. The fourth-order valence-electron chi connectivity index (χ4n) is 1.64. The Kier molecular flexibility index (Phi) is 5.96. The van der Waals surface area contributed by atoms with E-state index in [0.717, 1.165) is 6.42 Å². The first-order chi connectivity index (χ1) is 9.47. The van der Waals surface area contributed by atoms with Crippen molar-refractivity contribution in [3.05, 3.63) is 30.1 Å². The number of urea groups is 1. The highest BCUT2D eigenvalue weighted by Gasteiger charge is 2.26. The van der Waals surface area contributed by atoms with Gasteiger partial charge >= 0.3 is 12.0 Å². The van der Waals surface area contributed by atoms with Gasteiger partial charge in [0.15, 0.2) is 0 Å². The number of amides is 2. The van der Waals surface area contributed by atoms with Crippen LogP contribution in [0.4, 0.5) is 14.9 Å². The third-order valence-electron chi connectivity index (χ3n) is 3.06. The number of hydrogen-bond donors (Lipinski definition) is 2. The van der Waals surface area contributed by atoms with Gasteiger partial charge in [0, 0.05) is 5.69 Å². The van der Waals surface area contributed by atoms with Gasteiger partial charge in [-0.05, 0) is 30.2 Å². The van der Waals surface area contributed by atoms with Crippen LogP contribution in [0.3, 0.4) is 0 Å². The summed E-state index contributed by atoms with van der Waals surface area (Å²) in [7, 11) is 1.28. The fraction of sp³-hybridized carbons (Fsp3) is 0.429. The standard InChI is InChI=1S/C14H19FN2O3/c1-4-9(2)12(13(18)20-3)17-14(19)16-11-7-5-10(15)6-8-11/h5-9,12H,4H2,1-3H3,(H2,16,17,19). The molecule has 0 aliphatic carbocycles. The van der Waals surface area contributed by atoms with Gasteiger partial charge in [-0.1, -0.05) is 20.3 Å². The Morgan fingerprint density at radius 1 is 1.30 bits per heavy atom. The van der Waals surface area contributed by atoms with Crippen LogP contribution >= 0.6 is 0 Å². The Hall–Kier alpha value is -2.11. The molecule has 0 bridgehead atoms. The number of carbonyl (C=O) groups is 2. The summed E-state index contributed by atoms with van der Waals surface area (Å²) in [6.45, 7) is 3.76. The smallest absolute Gasteiger partial charge is 0.328 e. The lowest BCUT2D eigenvalue weighted by atomic mass is 9.99. The van der Waals surface area contributed by atoms with Crippen LogP contribution in [0.1, 0.15) is 20.3 Å². The van der Waals surface area contributed by atoms with Crippen molar-refractivity contribution in [3.8, 4) is 0 Å². The number of carbonyl (C=O) groups excluding carboxylic acids is 2. The molecule has 110 valence electrons. The maximum atomic E-state index is 12.7. The zero-order chi connectivity index (χ0) is 15.1. The van der Waals surface area contributed by atoms with E-state index < -0.39 is 18.0 Å². The van der Waals surface area contributed by atoms with Crippen molar-refractivity contribution >= 4 is 17.7 Å². The Morgan fingerprint density at radius 2 is 1.90 bits per heavy atom. The number of benzene rings is 1. The molecule has 5 nitrogen and oxygen atoms in total. The van der Waals surface area contributed by atoms with Crippen LogP contribution in [0.25, 0.3) is 0 Å². The second-order valence-electron chi connectivity index (χ2n) is 4.49. The molecule has 2 atom stereocenters. The predicted molar refractivity (Wildman–Crippen MR) is 73.8 cm³/mol. The Balaban J connectivity index is 2.66. The van der Waals surface area contributed by atoms with Crippen LogP contribution in [0.2, 0.25) is 0 Å². The molecule has 0 saturated heterocycles. The van der Waals surface area contributed by atoms with Crippen LogP contribution < -0.4 is 10.6 Å². The van der Waals surface area contributed by atoms with Crippen molar-refractivity contribution < 1.29 is 18.7 Å². The number of hydrogen-bond acceptors (Lipinski definition) is 3. The van der Waals surface area contributed by atoms with Crippen molar-refractivity contribution in [2.45, 2.75) is 26.3 Å². The quantitative estimate of drug-likeness (QED) is 0.815. The third-order valence-corrected chi connectivity index (χ3v) is 3.06. The maximum Gasteiger partial charge on any atom is 0.328 e. The van der Waals surface area contributed by atoms with Crippen molar-refractivity contribution in [1.29, 1.82) is 0 Å². The number of halogens is 1. The molecular weight excluding hydrogens is 263 g/mol. The van der Waals surface area contributed by atoms with Crippen molar-refractivity contribution in [1.82, 2.24) is 5.32 Å². The molecule has 0 spiro atoms. The highest BCUT2D eigenvalue weighted by molar-refractivity contribution is 5.92. The molecule has 6 heteroatoms. The summed E-state index contributed by atoms with van der Waals surface area (Å²) in [6, 6.07) is 4.10. The average molecular weight is 282 g/mol. The zero-order valence-electron chi connectivity index (χ0n) is 11.8. The highest BCUT2D eigenvalue weighted by atomic mass is 19.1. The van der Waals surface area contributed by atoms with E-state index in [1.54, 1.807) is 0 Å². The Bertz CT molecular complexity index is 462. The number of nitrogens with one attached hydrogen (secondary N) is 2. The molecule has 0 fully saturated rings. The van der Waals surface area contributed by atoms with E-state index in [9.17, 15) is 14.0 Å². The molecule has 0 radical (unpaired) electrons. The summed E-state index contributed by atoms with van der Waals surface area (Å²) >= 11 is 0. The molecule has 20 heavy (non-hydrogen) atoms. The van der Waals surface area contributed by atoms with Crippen LogP contribution in [-0.4, -0.2) is 25.2 Å². The van der Waals surface area contributed by atoms with Gasteiger partial charge in [-0.3, -0.25) is 0 Å². The molecule has 1 aromatic rings. The average Bonchev–Trinajstić information content (AvgIpc) is 2.45. The fourth-order valence-corrected chi connectivity index (χ4v) is 1.64. The van der Waals surface area contributed by atoms with Gasteiger partial charge in [-0.25, -0.2) is 14.0 Å². The van der Waals surface area contributed by atoms with Gasteiger partial charge < -0.3 is 15.4 Å². The topological polar surface area (TPSA) is 67.4 Å². The van der Waals surface area contributed by atoms with E-state index in [0.29, 0.717) is 5.69 Å². The molecule has 2 amide bonds. The minimum absolute atomic E-state index is 0.0542. The molecule has 0 saturated carbocycles. The number of ether oxygens (including phenoxy) is 1. The molecule has 0 aliphatic heterocycles. The lowest BCUT2D eigenvalue weighted by Crippen LogP contribution is -2.47. The maximum absolute atomic E-state index is 12.7. The minimum Gasteiger partial charge on any atom is -0.467 e. The molecule has 1 aromatic carbocycles. The summed E-state index contributed by atoms with van der Waals surface area (Å²) in [5.41, 5.74) is 0.441. The van der Waals surface area contributed by atoms with E-state index in [1.165, 1.54) is 31.4 Å². The van der Waals surface area contributed by atoms with E-state index in [4.69, 9.17) is 0 Å². The number of rotatable bonds is 5. The molecule has 2 unspecified atom stereocenters. The van der Waals surface area contributed by atoms with E-state index in [-0.39, 0.29) is 11.7 Å². The van der Waals surface area contributed by atoms with Crippen LogP contribution in [0.5, 0.6) is 0 Å². The van der Waals surface area contributed by atoms with Crippen molar-refractivity contribution in [3.63, 3.8) is 0 Å². The van der Waals surface area contributed by atoms with Crippen LogP contribution in [0.15, 0.2) is 24.3 Å². The van der Waals surface area contributed by atoms with Gasteiger partial charge in [-0.2, -0.15) is 0 Å². The number of anilines is 1. The van der Waals surface area contributed by atoms with Gasteiger partial charge in [0.05, 0.1) is 7.11 Å². The molecule has 0 heterocycles. The number of methoxy groups -OCH3 is 1. The Morgan fingerprint density at radius 3 is 2.40 bits per heavy atom. The van der Waals surface area contributed by atoms with Gasteiger partial charge in [0.25, 0.3) is 0 Å². The largest absolute Gasteiger partial charge is 0.467 e. The summed E-state index contributed by atoms with van der Waals surface area (Å²) in [6.07, 6.45) is 0.719. The predicted octanol–water partition coefficient (Wildman–Crippen LogP) is 2.53. The zero-order valence-corrected chi connectivity index (χ0v) is 11.8. The third kappa shape index (κ3) is 4.53. The summed E-state index contributed by atoms with van der Waals surface area (Å²) in [5, 5.41) is 5.10. The monoisotopic (exact) mass is 282 g/mol. The van der Waals surface area contributed by atoms with E-state index in [1.807, 2.05) is 13.8 Å². The second kappa shape index (κ2) is 7.47. The molecule has 0 aliphatic rings. The first-order valence-electron chi connectivity index (χ1n) is 6.38. The molecule has 2 N–H and O–H groups in total. The minimum atomic E-state index is -0.717. The van der Waals surface area contributed by atoms with Gasteiger partial charge in [0.1, 0.15) is 11.9 Å². The van der Waals surface area contributed by atoms with E-state index in [2.05, 4.69) is 15.4 Å². The normalized spacial score (nSPS) is 13.2. The second-order valence-corrected chi connectivity index (χ2v) is 4.49. The van der Waals surface area contributed by atoms with Gasteiger partial charge in [-0.15, -0.1) is 0 Å². The number of esters is 1. The van der Waals surface area contributed by atoms with Crippen LogP contribution in [-0.2, 0) is 9.53 Å². The lowest BCUT2D eigenvalue weighted by molar-refractivity contribution is -0.144. The first-order valence-corrected chi connectivity index (χ1v) is 6.38. The van der Waals surface area contributed by atoms with Crippen LogP contribution in [0, 0.1) is 11.7 Å². The molecule has 0 aromatic heterocycles. The SMILES string of the molecule is CCC(C)C(NC(=O)Nc1ccc(F)cc1)C(=O)OC. The molecule has 1 rings (SSSR count). The van der Waals surface area contributed by atoms with Crippen molar-refractivity contribution in [2.24, 2.45) is 5.92 Å². The summed E-state index contributed by atoms with van der Waals surface area (Å²) in [5.74, 6) is -0.932. The Labute approximate surface area is 117 Å². The van der Waals surface area contributed by atoms with Gasteiger partial charge in [0.2, 0.25) is 0 Å². The van der Waals surface area contributed by atoms with E-state index >= 15 is 0 Å². The lowest BCUT2D eigenvalue weighted by Gasteiger charge is -2.22. The summed E-state index contributed by atoms with van der Waals surface area (Å²) < 4.78 is 17.4. The molecular formula is C14H19FN2O3.